The van der Waals surface area contributed by atoms with Crippen molar-refractivity contribution < 1.29 is 19.4 Å². The highest BCUT2D eigenvalue weighted by Crippen LogP contribution is 2.41. The molecule has 5 nitrogen and oxygen atoms in total. The van der Waals surface area contributed by atoms with Gasteiger partial charge in [-0.25, -0.2) is 4.79 Å². The smallest absolute Gasteiger partial charge is 0.326 e. The lowest BCUT2D eigenvalue weighted by molar-refractivity contribution is -0.151. The number of carbonyl (C=O) groups is 2. The van der Waals surface area contributed by atoms with Crippen LogP contribution in [0.5, 0.6) is 0 Å². The maximum absolute atomic E-state index is 12.6. The summed E-state index contributed by atoms with van der Waals surface area (Å²) in [7, 11) is 0. The second-order valence-corrected chi connectivity index (χ2v) is 6.01. The van der Waals surface area contributed by atoms with E-state index in [-0.39, 0.29) is 17.9 Å². The van der Waals surface area contributed by atoms with Gasteiger partial charge in [-0.05, 0) is 31.6 Å². The summed E-state index contributed by atoms with van der Waals surface area (Å²) in [6.07, 6.45) is 5.69. The molecule has 3 fully saturated rings. The van der Waals surface area contributed by atoms with Crippen molar-refractivity contribution in [3.63, 3.8) is 0 Å². The van der Waals surface area contributed by atoms with E-state index >= 15 is 0 Å². The van der Waals surface area contributed by atoms with E-state index in [9.17, 15) is 14.7 Å². The van der Waals surface area contributed by atoms with Crippen molar-refractivity contribution in [1.82, 2.24) is 4.90 Å². The van der Waals surface area contributed by atoms with Gasteiger partial charge in [-0.15, -0.1) is 0 Å². The Morgan fingerprint density at radius 2 is 1.95 bits per heavy atom. The number of likely N-dealkylation sites (tertiary alicyclic amines) is 1. The fourth-order valence-corrected chi connectivity index (χ4v) is 3.94. The largest absolute Gasteiger partial charge is 0.480 e. The molecule has 3 aliphatic rings. The summed E-state index contributed by atoms with van der Waals surface area (Å²) in [6, 6.07) is -0.454. The highest BCUT2D eigenvalue weighted by Gasteiger charge is 2.49. The second-order valence-electron chi connectivity index (χ2n) is 6.01. The molecule has 106 valence electrons. The Bertz CT molecular complexity index is 378. The molecule has 0 aromatic heterocycles. The molecular weight excluding hydrogens is 246 g/mol. The van der Waals surface area contributed by atoms with Crippen molar-refractivity contribution in [2.24, 2.45) is 11.8 Å². The van der Waals surface area contributed by atoms with E-state index in [0.717, 1.165) is 25.7 Å². The summed E-state index contributed by atoms with van der Waals surface area (Å²) in [5.74, 6) is -0.565. The lowest BCUT2D eigenvalue weighted by Crippen LogP contribution is -2.48. The first-order chi connectivity index (χ1) is 9.18. The van der Waals surface area contributed by atoms with Gasteiger partial charge >= 0.3 is 5.97 Å². The average molecular weight is 267 g/mol. The molecular formula is C14H21NO4. The van der Waals surface area contributed by atoms with E-state index in [1.54, 1.807) is 4.90 Å². The SMILES string of the molecule is O=C(O)[C@@H]1C[C@@H]2CCCC[C@@H]2N1C(=O)[C@@H]1CCOC1. The summed E-state index contributed by atoms with van der Waals surface area (Å²) in [5, 5.41) is 9.40. The maximum atomic E-state index is 12.6. The fourth-order valence-electron chi connectivity index (χ4n) is 3.94. The molecule has 3 rings (SSSR count). The van der Waals surface area contributed by atoms with Crippen molar-refractivity contribution in [3.05, 3.63) is 0 Å². The molecule has 2 saturated heterocycles. The highest BCUT2D eigenvalue weighted by molar-refractivity contribution is 5.86. The lowest BCUT2D eigenvalue weighted by atomic mass is 9.84. The Morgan fingerprint density at radius 1 is 1.16 bits per heavy atom. The van der Waals surface area contributed by atoms with Gasteiger partial charge in [0.25, 0.3) is 0 Å². The number of rotatable bonds is 2. The third-order valence-electron chi connectivity index (χ3n) is 4.91. The Hall–Kier alpha value is -1.10. The van der Waals surface area contributed by atoms with Crippen LogP contribution in [0.3, 0.4) is 0 Å². The molecule has 0 aromatic rings. The topological polar surface area (TPSA) is 66.8 Å². The van der Waals surface area contributed by atoms with Gasteiger partial charge in [-0.3, -0.25) is 4.79 Å². The summed E-state index contributed by atoms with van der Waals surface area (Å²) in [5.41, 5.74) is 0. The van der Waals surface area contributed by atoms with Gasteiger partial charge in [0, 0.05) is 12.6 Å². The number of carboxylic acids is 1. The molecule has 0 radical (unpaired) electrons. The number of nitrogens with zero attached hydrogens (tertiary/aromatic N) is 1. The standard InChI is InChI=1S/C14H21NO4/c16-13(10-5-6-19-8-10)15-11-4-2-1-3-9(11)7-12(15)14(17)18/h9-12H,1-8H2,(H,17,18)/t9-,10+,11-,12-/m0/s1. The van der Waals surface area contributed by atoms with E-state index in [4.69, 9.17) is 4.74 Å². The number of hydrogen-bond acceptors (Lipinski definition) is 3. The minimum Gasteiger partial charge on any atom is -0.480 e. The van der Waals surface area contributed by atoms with Crippen LogP contribution in [-0.2, 0) is 14.3 Å². The first kappa shape index (κ1) is 12.9. The summed E-state index contributed by atoms with van der Waals surface area (Å²) in [4.78, 5) is 25.7. The van der Waals surface area contributed by atoms with E-state index < -0.39 is 12.0 Å². The average Bonchev–Trinajstić information content (AvgIpc) is 3.05. The van der Waals surface area contributed by atoms with Crippen LogP contribution >= 0.6 is 0 Å². The zero-order chi connectivity index (χ0) is 13.4. The van der Waals surface area contributed by atoms with Crippen LogP contribution in [0.25, 0.3) is 0 Å². The van der Waals surface area contributed by atoms with Crippen molar-refractivity contribution in [3.8, 4) is 0 Å². The number of fused-ring (bicyclic) bond motifs is 1. The first-order valence-corrected chi connectivity index (χ1v) is 7.31. The minimum absolute atomic E-state index is 0.0132. The predicted octanol–water partition coefficient (Wildman–Crippen LogP) is 1.27. The Morgan fingerprint density at radius 3 is 2.63 bits per heavy atom. The van der Waals surface area contributed by atoms with Gasteiger partial charge in [0.05, 0.1) is 12.5 Å². The first-order valence-electron chi connectivity index (χ1n) is 7.31. The molecule has 4 atom stereocenters. The van der Waals surface area contributed by atoms with Gasteiger partial charge in [0.1, 0.15) is 6.04 Å². The normalized spacial score (nSPS) is 38.2. The Labute approximate surface area is 112 Å². The van der Waals surface area contributed by atoms with Gasteiger partial charge in [0.15, 0.2) is 0 Å². The van der Waals surface area contributed by atoms with Crippen molar-refractivity contribution in [2.45, 2.75) is 50.6 Å². The Kier molecular flexibility index (Phi) is 3.48. The zero-order valence-corrected chi connectivity index (χ0v) is 11.1. The highest BCUT2D eigenvalue weighted by atomic mass is 16.5. The molecule has 1 amide bonds. The third kappa shape index (κ3) is 2.24. The van der Waals surface area contributed by atoms with Gasteiger partial charge in [-0.1, -0.05) is 12.8 Å². The maximum Gasteiger partial charge on any atom is 0.326 e. The lowest BCUT2D eigenvalue weighted by Gasteiger charge is -2.34. The third-order valence-corrected chi connectivity index (χ3v) is 4.91. The molecule has 2 aliphatic heterocycles. The van der Waals surface area contributed by atoms with Crippen LogP contribution < -0.4 is 0 Å². The number of aliphatic carboxylic acids is 1. The number of hydrogen-bond donors (Lipinski definition) is 1. The molecule has 0 unspecified atom stereocenters. The van der Waals surface area contributed by atoms with Gasteiger partial charge in [0.2, 0.25) is 5.91 Å². The van der Waals surface area contributed by atoms with Crippen LogP contribution in [0, 0.1) is 11.8 Å². The van der Waals surface area contributed by atoms with Crippen molar-refractivity contribution >= 4 is 11.9 Å². The molecule has 1 aliphatic carbocycles. The van der Waals surface area contributed by atoms with E-state index in [0.29, 0.717) is 25.6 Å². The summed E-state index contributed by atoms with van der Waals surface area (Å²) >= 11 is 0. The number of amides is 1. The van der Waals surface area contributed by atoms with Gasteiger partial charge in [-0.2, -0.15) is 0 Å². The minimum atomic E-state index is -0.846. The van der Waals surface area contributed by atoms with Crippen molar-refractivity contribution in [2.75, 3.05) is 13.2 Å². The fraction of sp³-hybridized carbons (Fsp3) is 0.857. The van der Waals surface area contributed by atoms with Crippen LogP contribution in [0.4, 0.5) is 0 Å². The molecule has 1 N–H and O–H groups in total. The van der Waals surface area contributed by atoms with Crippen LogP contribution in [0.1, 0.15) is 38.5 Å². The monoisotopic (exact) mass is 267 g/mol. The van der Waals surface area contributed by atoms with E-state index in [1.165, 1.54) is 6.42 Å². The summed E-state index contributed by atoms with van der Waals surface area (Å²) < 4.78 is 5.27. The van der Waals surface area contributed by atoms with E-state index in [2.05, 4.69) is 0 Å². The quantitative estimate of drug-likeness (QED) is 0.818. The molecule has 2 heterocycles. The molecule has 0 bridgehead atoms. The summed E-state index contributed by atoms with van der Waals surface area (Å²) in [6.45, 7) is 1.08. The molecule has 0 spiro atoms. The van der Waals surface area contributed by atoms with Crippen LogP contribution in [0.2, 0.25) is 0 Å². The molecule has 19 heavy (non-hydrogen) atoms. The molecule has 1 saturated carbocycles. The van der Waals surface area contributed by atoms with E-state index in [1.807, 2.05) is 0 Å². The predicted molar refractivity (Wildman–Crippen MR) is 67.6 cm³/mol. The second kappa shape index (κ2) is 5.12. The number of carboxylic acid groups (broad SMARTS) is 1. The van der Waals surface area contributed by atoms with Crippen molar-refractivity contribution in [1.29, 1.82) is 0 Å². The molecule has 5 heteroatoms. The van der Waals surface area contributed by atoms with Crippen LogP contribution in [0.15, 0.2) is 0 Å². The Balaban J connectivity index is 1.81. The number of ether oxygens (including phenoxy) is 1. The zero-order valence-electron chi connectivity index (χ0n) is 11.1. The van der Waals surface area contributed by atoms with Crippen LogP contribution in [-0.4, -0.2) is 47.2 Å². The molecule has 0 aromatic carbocycles. The number of carbonyl (C=O) groups excluding carboxylic acids is 1. The van der Waals surface area contributed by atoms with Gasteiger partial charge < -0.3 is 14.7 Å².